The minimum atomic E-state index is -0.0928. The van der Waals surface area contributed by atoms with Crippen molar-refractivity contribution in [3.63, 3.8) is 0 Å². The maximum atomic E-state index is 11.3. The van der Waals surface area contributed by atoms with Gasteiger partial charge in [0, 0.05) is 12.8 Å². The number of ether oxygens (including phenoxy) is 1. The van der Waals surface area contributed by atoms with Crippen molar-refractivity contribution in [1.29, 1.82) is 0 Å². The Labute approximate surface area is 106 Å². The molecule has 100 valence electrons. The molecule has 0 N–H and O–H groups in total. The Morgan fingerprint density at radius 1 is 1.00 bits per heavy atom. The first-order chi connectivity index (χ1) is 8.20. The molecule has 0 aromatic heterocycles. The zero-order valence-electron chi connectivity index (χ0n) is 11.1. The van der Waals surface area contributed by atoms with Gasteiger partial charge in [0.05, 0.1) is 6.61 Å². The molecule has 0 amide bonds. The van der Waals surface area contributed by atoms with Gasteiger partial charge in [-0.05, 0) is 25.9 Å². The standard InChI is InChI=1S/C13H25O3P/c1-3-4-8-11-16-12(14)9-6-5-7-10-13(15)17-2/h17H,3-11H2,1-2H3. The van der Waals surface area contributed by atoms with Crippen molar-refractivity contribution in [1.82, 2.24) is 0 Å². The van der Waals surface area contributed by atoms with Gasteiger partial charge in [0.25, 0.3) is 0 Å². The topological polar surface area (TPSA) is 43.4 Å². The Morgan fingerprint density at radius 3 is 2.35 bits per heavy atom. The van der Waals surface area contributed by atoms with Crippen LogP contribution in [-0.4, -0.2) is 24.8 Å². The first-order valence-corrected chi connectivity index (χ1v) is 8.07. The Bertz CT molecular complexity index is 217. The van der Waals surface area contributed by atoms with Crippen molar-refractivity contribution < 1.29 is 14.3 Å². The van der Waals surface area contributed by atoms with Crippen LogP contribution >= 0.6 is 8.58 Å². The lowest BCUT2D eigenvalue weighted by atomic mass is 10.1. The summed E-state index contributed by atoms with van der Waals surface area (Å²) in [6.45, 7) is 4.60. The highest BCUT2D eigenvalue weighted by molar-refractivity contribution is 7.57. The number of hydrogen-bond donors (Lipinski definition) is 0. The normalized spacial score (nSPS) is 10.9. The molecule has 0 saturated carbocycles. The van der Waals surface area contributed by atoms with Crippen molar-refractivity contribution >= 4 is 20.1 Å². The average molecular weight is 260 g/mol. The van der Waals surface area contributed by atoms with E-state index in [0.29, 0.717) is 33.6 Å². The largest absolute Gasteiger partial charge is 0.466 e. The van der Waals surface area contributed by atoms with Crippen LogP contribution in [0.5, 0.6) is 0 Å². The van der Waals surface area contributed by atoms with E-state index < -0.39 is 0 Å². The fraction of sp³-hybridized carbons (Fsp3) is 0.846. The molecular weight excluding hydrogens is 235 g/mol. The lowest BCUT2D eigenvalue weighted by Gasteiger charge is -2.04. The molecule has 0 fully saturated rings. The predicted octanol–water partition coefficient (Wildman–Crippen LogP) is 3.51. The molecule has 0 heterocycles. The summed E-state index contributed by atoms with van der Waals surface area (Å²) in [6, 6.07) is 0. The summed E-state index contributed by atoms with van der Waals surface area (Å²) < 4.78 is 5.09. The molecule has 0 aromatic rings. The van der Waals surface area contributed by atoms with Crippen LogP contribution in [0.4, 0.5) is 0 Å². The Kier molecular flexibility index (Phi) is 11.7. The first-order valence-electron chi connectivity index (χ1n) is 6.57. The van der Waals surface area contributed by atoms with Gasteiger partial charge in [-0.25, -0.2) is 0 Å². The van der Waals surface area contributed by atoms with Crippen LogP contribution < -0.4 is 0 Å². The second-order valence-corrected chi connectivity index (χ2v) is 5.22. The predicted molar refractivity (Wildman–Crippen MR) is 72.8 cm³/mol. The zero-order valence-corrected chi connectivity index (χ0v) is 12.1. The molecule has 1 unspecified atom stereocenters. The van der Waals surface area contributed by atoms with Gasteiger partial charge < -0.3 is 4.74 Å². The Morgan fingerprint density at radius 2 is 1.71 bits per heavy atom. The van der Waals surface area contributed by atoms with E-state index in [1.165, 1.54) is 0 Å². The van der Waals surface area contributed by atoms with Crippen LogP contribution in [0.15, 0.2) is 0 Å². The molecule has 1 atom stereocenters. The minimum Gasteiger partial charge on any atom is -0.466 e. The van der Waals surface area contributed by atoms with Gasteiger partial charge in [-0.15, -0.1) is 0 Å². The number of carbonyl (C=O) groups excluding carboxylic acids is 2. The lowest BCUT2D eigenvalue weighted by Crippen LogP contribution is -2.05. The van der Waals surface area contributed by atoms with Crippen LogP contribution in [0.2, 0.25) is 0 Å². The molecule has 4 heteroatoms. The molecule has 0 radical (unpaired) electrons. The number of unbranched alkanes of at least 4 members (excludes halogenated alkanes) is 4. The van der Waals surface area contributed by atoms with E-state index in [4.69, 9.17) is 4.74 Å². The van der Waals surface area contributed by atoms with Crippen molar-refractivity contribution in [2.75, 3.05) is 13.3 Å². The molecule has 3 nitrogen and oxygen atoms in total. The van der Waals surface area contributed by atoms with Gasteiger partial charge in [0.15, 0.2) is 5.52 Å². The molecule has 0 aromatic carbocycles. The monoisotopic (exact) mass is 260 g/mol. The molecule has 0 spiro atoms. The van der Waals surface area contributed by atoms with Gasteiger partial charge in [-0.1, -0.05) is 34.8 Å². The van der Waals surface area contributed by atoms with Crippen molar-refractivity contribution in [3.8, 4) is 0 Å². The highest BCUT2D eigenvalue weighted by Crippen LogP contribution is 2.12. The molecule has 0 aliphatic heterocycles. The Hall–Kier alpha value is -0.430. The van der Waals surface area contributed by atoms with Crippen LogP contribution in [-0.2, 0) is 14.3 Å². The van der Waals surface area contributed by atoms with Crippen molar-refractivity contribution in [2.45, 2.75) is 58.3 Å². The summed E-state index contributed by atoms with van der Waals surface area (Å²) in [6.07, 6.45) is 7.08. The molecule has 0 saturated heterocycles. The van der Waals surface area contributed by atoms with E-state index in [1.54, 1.807) is 0 Å². The quantitative estimate of drug-likeness (QED) is 0.324. The second-order valence-electron chi connectivity index (χ2n) is 4.16. The number of rotatable bonds is 11. The average Bonchev–Trinajstić information content (AvgIpc) is 2.34. The van der Waals surface area contributed by atoms with E-state index >= 15 is 0 Å². The van der Waals surface area contributed by atoms with Gasteiger partial charge >= 0.3 is 5.97 Å². The van der Waals surface area contributed by atoms with Gasteiger partial charge in [-0.3, -0.25) is 9.59 Å². The van der Waals surface area contributed by atoms with Crippen LogP contribution in [0, 0.1) is 0 Å². The van der Waals surface area contributed by atoms with E-state index in [1.807, 2.05) is 6.66 Å². The minimum absolute atomic E-state index is 0.0928. The lowest BCUT2D eigenvalue weighted by molar-refractivity contribution is -0.143. The highest BCUT2D eigenvalue weighted by atomic mass is 31.1. The molecule has 17 heavy (non-hydrogen) atoms. The highest BCUT2D eigenvalue weighted by Gasteiger charge is 2.03. The van der Waals surface area contributed by atoms with Crippen LogP contribution in [0.25, 0.3) is 0 Å². The maximum absolute atomic E-state index is 11.3. The fourth-order valence-electron chi connectivity index (χ4n) is 1.47. The molecule has 0 aliphatic rings. The maximum Gasteiger partial charge on any atom is 0.305 e. The van der Waals surface area contributed by atoms with Crippen LogP contribution in [0.1, 0.15) is 58.3 Å². The first kappa shape index (κ1) is 16.6. The summed E-state index contributed by atoms with van der Waals surface area (Å²) in [5, 5.41) is 0. The SMILES string of the molecule is CCCCCOC(=O)CCCCCC(=O)PC. The fourth-order valence-corrected chi connectivity index (χ4v) is 1.89. The Balaban J connectivity index is 3.24. The third-order valence-electron chi connectivity index (χ3n) is 2.57. The second kappa shape index (κ2) is 12.0. The molecular formula is C13H25O3P. The molecule has 0 aliphatic carbocycles. The van der Waals surface area contributed by atoms with E-state index in [-0.39, 0.29) is 5.97 Å². The third-order valence-corrected chi connectivity index (χ3v) is 3.38. The van der Waals surface area contributed by atoms with Gasteiger partial charge in [0.2, 0.25) is 0 Å². The smallest absolute Gasteiger partial charge is 0.305 e. The summed E-state index contributed by atoms with van der Waals surface area (Å²) in [5.74, 6) is -0.0928. The number of carbonyl (C=O) groups is 2. The zero-order chi connectivity index (χ0) is 12.9. The van der Waals surface area contributed by atoms with Gasteiger partial charge in [0.1, 0.15) is 0 Å². The van der Waals surface area contributed by atoms with Crippen molar-refractivity contribution in [2.24, 2.45) is 0 Å². The van der Waals surface area contributed by atoms with E-state index in [0.717, 1.165) is 38.5 Å². The van der Waals surface area contributed by atoms with Crippen molar-refractivity contribution in [3.05, 3.63) is 0 Å². The van der Waals surface area contributed by atoms with Gasteiger partial charge in [-0.2, -0.15) is 0 Å². The number of esters is 1. The molecule has 0 bridgehead atoms. The van der Waals surface area contributed by atoms with E-state index in [2.05, 4.69) is 6.92 Å². The summed E-state index contributed by atoms with van der Waals surface area (Å²) >= 11 is 0. The number of hydrogen-bond acceptors (Lipinski definition) is 3. The molecule has 0 rings (SSSR count). The van der Waals surface area contributed by atoms with E-state index in [9.17, 15) is 9.59 Å². The van der Waals surface area contributed by atoms with Crippen LogP contribution in [0.3, 0.4) is 0 Å². The summed E-state index contributed by atoms with van der Waals surface area (Å²) in [5.41, 5.74) is 0.340. The third kappa shape index (κ3) is 11.8. The summed E-state index contributed by atoms with van der Waals surface area (Å²) in [4.78, 5) is 22.3. The summed E-state index contributed by atoms with van der Waals surface area (Å²) in [7, 11) is 0.408.